The lowest BCUT2D eigenvalue weighted by Crippen LogP contribution is -2.21. The molecule has 132 valence electrons. The Hall–Kier alpha value is -3.21. The average Bonchev–Trinajstić information content (AvgIpc) is 2.66. The fourth-order valence-electron chi connectivity index (χ4n) is 2.71. The van der Waals surface area contributed by atoms with Crippen LogP contribution in [0.2, 0.25) is 0 Å². The molecule has 0 aliphatic rings. The number of aromatic nitrogens is 2. The Kier molecular flexibility index (Phi) is 5.27. The van der Waals surface area contributed by atoms with Crippen LogP contribution in [0, 0.1) is 13.8 Å². The number of carbonyl (C=O) groups excluding carboxylic acids is 1. The largest absolute Gasteiger partial charge is 0.320 e. The normalized spacial score (nSPS) is 10.4. The van der Waals surface area contributed by atoms with Crippen LogP contribution in [-0.4, -0.2) is 22.4 Å². The van der Waals surface area contributed by atoms with Gasteiger partial charge in [-0.25, -0.2) is 9.97 Å². The van der Waals surface area contributed by atoms with Crippen molar-refractivity contribution in [3.05, 3.63) is 77.6 Å². The Morgan fingerprint density at radius 2 is 1.85 bits per heavy atom. The number of nitrogens with one attached hydrogen (secondary N) is 1. The number of para-hydroxylation sites is 1. The molecule has 0 saturated heterocycles. The van der Waals surface area contributed by atoms with Gasteiger partial charge in [0.05, 0.1) is 0 Å². The van der Waals surface area contributed by atoms with E-state index in [0.717, 1.165) is 22.5 Å². The van der Waals surface area contributed by atoms with Gasteiger partial charge in [-0.3, -0.25) is 4.79 Å². The standard InChI is InChI=1S/C21H22N4O/c1-4-25(17-8-6-5-7-9-17)21-22-13-12-18(24-21)20(26)23-19-14-15(2)10-11-16(19)3/h5-14H,4H2,1-3H3,(H,23,26). The Balaban J connectivity index is 1.86. The Bertz CT molecular complexity index is 909. The zero-order valence-electron chi connectivity index (χ0n) is 15.2. The van der Waals surface area contributed by atoms with Crippen molar-refractivity contribution in [1.82, 2.24) is 9.97 Å². The minimum absolute atomic E-state index is 0.244. The molecule has 26 heavy (non-hydrogen) atoms. The van der Waals surface area contributed by atoms with E-state index < -0.39 is 0 Å². The van der Waals surface area contributed by atoms with Gasteiger partial charge in [0.15, 0.2) is 0 Å². The molecule has 1 aromatic heterocycles. The Morgan fingerprint density at radius 1 is 1.08 bits per heavy atom. The number of anilines is 3. The molecular weight excluding hydrogens is 324 g/mol. The summed E-state index contributed by atoms with van der Waals surface area (Å²) in [5, 5.41) is 2.94. The molecule has 0 spiro atoms. The number of carbonyl (C=O) groups is 1. The molecule has 1 heterocycles. The van der Waals surface area contributed by atoms with Gasteiger partial charge in [0.25, 0.3) is 5.91 Å². The fourth-order valence-corrected chi connectivity index (χ4v) is 2.71. The Morgan fingerprint density at radius 3 is 2.58 bits per heavy atom. The maximum atomic E-state index is 12.7. The third-order valence-electron chi connectivity index (χ3n) is 4.14. The number of rotatable bonds is 5. The molecule has 1 N–H and O–H groups in total. The first kappa shape index (κ1) is 17.6. The van der Waals surface area contributed by atoms with E-state index in [1.807, 2.05) is 74.2 Å². The molecule has 3 aromatic rings. The van der Waals surface area contributed by atoms with Gasteiger partial charge < -0.3 is 10.2 Å². The molecule has 0 radical (unpaired) electrons. The van der Waals surface area contributed by atoms with Crippen LogP contribution in [0.25, 0.3) is 0 Å². The molecule has 2 aromatic carbocycles. The molecule has 0 aliphatic heterocycles. The Labute approximate surface area is 153 Å². The summed E-state index contributed by atoms with van der Waals surface area (Å²) in [6.45, 7) is 6.69. The summed E-state index contributed by atoms with van der Waals surface area (Å²) in [6.07, 6.45) is 1.62. The zero-order valence-corrected chi connectivity index (χ0v) is 15.2. The molecule has 0 unspecified atom stereocenters. The van der Waals surface area contributed by atoms with Crippen molar-refractivity contribution in [2.45, 2.75) is 20.8 Å². The molecule has 0 fully saturated rings. The quantitative estimate of drug-likeness (QED) is 0.739. The van der Waals surface area contributed by atoms with E-state index in [9.17, 15) is 4.79 Å². The molecule has 0 bridgehead atoms. The first-order valence-corrected chi connectivity index (χ1v) is 8.62. The number of hydrogen-bond donors (Lipinski definition) is 1. The van der Waals surface area contributed by atoms with Crippen LogP contribution in [0.4, 0.5) is 17.3 Å². The van der Waals surface area contributed by atoms with E-state index in [1.165, 1.54) is 0 Å². The van der Waals surface area contributed by atoms with E-state index in [4.69, 9.17) is 0 Å². The van der Waals surface area contributed by atoms with E-state index in [2.05, 4.69) is 15.3 Å². The molecule has 5 nitrogen and oxygen atoms in total. The van der Waals surface area contributed by atoms with Crippen LogP contribution in [0.5, 0.6) is 0 Å². The molecule has 1 amide bonds. The summed E-state index contributed by atoms with van der Waals surface area (Å²) in [5.41, 5.74) is 4.23. The van der Waals surface area contributed by atoms with Crippen LogP contribution in [0.15, 0.2) is 60.8 Å². The summed E-state index contributed by atoms with van der Waals surface area (Å²) in [4.78, 5) is 23.4. The minimum atomic E-state index is -0.244. The maximum absolute atomic E-state index is 12.7. The van der Waals surface area contributed by atoms with E-state index in [1.54, 1.807) is 12.3 Å². The van der Waals surface area contributed by atoms with E-state index >= 15 is 0 Å². The highest BCUT2D eigenvalue weighted by Crippen LogP contribution is 2.22. The van der Waals surface area contributed by atoms with Crippen molar-refractivity contribution < 1.29 is 4.79 Å². The summed E-state index contributed by atoms with van der Waals surface area (Å²) >= 11 is 0. The second-order valence-corrected chi connectivity index (χ2v) is 6.09. The summed E-state index contributed by atoms with van der Waals surface area (Å²) < 4.78 is 0. The number of amides is 1. The maximum Gasteiger partial charge on any atom is 0.274 e. The summed E-state index contributed by atoms with van der Waals surface area (Å²) in [5.74, 6) is 0.263. The first-order chi connectivity index (χ1) is 12.6. The third-order valence-corrected chi connectivity index (χ3v) is 4.14. The molecule has 0 saturated carbocycles. The van der Waals surface area contributed by atoms with Crippen LogP contribution in [0.3, 0.4) is 0 Å². The number of aryl methyl sites for hydroxylation is 2. The van der Waals surface area contributed by atoms with Gasteiger partial charge in [-0.2, -0.15) is 0 Å². The highest BCUT2D eigenvalue weighted by atomic mass is 16.1. The molecule has 0 aliphatic carbocycles. The molecular formula is C21H22N4O. The lowest BCUT2D eigenvalue weighted by atomic mass is 10.1. The van der Waals surface area contributed by atoms with Gasteiger partial charge in [-0.15, -0.1) is 0 Å². The molecule has 0 atom stereocenters. The number of nitrogens with zero attached hydrogens (tertiary/aromatic N) is 3. The van der Waals surface area contributed by atoms with Gasteiger partial charge in [-0.1, -0.05) is 30.3 Å². The van der Waals surface area contributed by atoms with Gasteiger partial charge in [0.2, 0.25) is 5.95 Å². The topological polar surface area (TPSA) is 58.1 Å². The van der Waals surface area contributed by atoms with Gasteiger partial charge in [0, 0.05) is 24.1 Å². The predicted molar refractivity (Wildman–Crippen MR) is 105 cm³/mol. The second kappa shape index (κ2) is 7.78. The fraction of sp³-hybridized carbons (Fsp3) is 0.190. The monoisotopic (exact) mass is 346 g/mol. The van der Waals surface area contributed by atoms with Crippen molar-refractivity contribution in [1.29, 1.82) is 0 Å². The van der Waals surface area contributed by atoms with Crippen LogP contribution in [0.1, 0.15) is 28.5 Å². The van der Waals surface area contributed by atoms with Crippen LogP contribution < -0.4 is 10.2 Å². The predicted octanol–water partition coefficient (Wildman–Crippen LogP) is 4.50. The number of benzene rings is 2. The van der Waals surface area contributed by atoms with Gasteiger partial charge >= 0.3 is 0 Å². The third kappa shape index (κ3) is 3.88. The van der Waals surface area contributed by atoms with Crippen molar-refractivity contribution >= 4 is 23.2 Å². The SMILES string of the molecule is CCN(c1ccccc1)c1nccc(C(=O)Nc2cc(C)ccc2C)n1. The van der Waals surface area contributed by atoms with Crippen molar-refractivity contribution in [3.8, 4) is 0 Å². The zero-order chi connectivity index (χ0) is 18.5. The first-order valence-electron chi connectivity index (χ1n) is 8.62. The van der Waals surface area contributed by atoms with Crippen molar-refractivity contribution in [3.63, 3.8) is 0 Å². The second-order valence-electron chi connectivity index (χ2n) is 6.09. The number of hydrogen-bond acceptors (Lipinski definition) is 4. The van der Waals surface area contributed by atoms with Gasteiger partial charge in [-0.05, 0) is 56.2 Å². The highest BCUT2D eigenvalue weighted by molar-refractivity contribution is 6.03. The molecule has 3 rings (SSSR count). The molecule has 5 heteroatoms. The lowest BCUT2D eigenvalue weighted by Gasteiger charge is -2.21. The minimum Gasteiger partial charge on any atom is -0.320 e. The summed E-state index contributed by atoms with van der Waals surface area (Å²) in [7, 11) is 0. The highest BCUT2D eigenvalue weighted by Gasteiger charge is 2.14. The summed E-state index contributed by atoms with van der Waals surface area (Å²) in [6, 6.07) is 17.5. The van der Waals surface area contributed by atoms with Crippen LogP contribution in [-0.2, 0) is 0 Å². The average molecular weight is 346 g/mol. The lowest BCUT2D eigenvalue weighted by molar-refractivity contribution is 0.102. The van der Waals surface area contributed by atoms with E-state index in [-0.39, 0.29) is 5.91 Å². The smallest absolute Gasteiger partial charge is 0.274 e. The van der Waals surface area contributed by atoms with Gasteiger partial charge in [0.1, 0.15) is 5.69 Å². The van der Waals surface area contributed by atoms with Crippen molar-refractivity contribution in [2.75, 3.05) is 16.8 Å². The van der Waals surface area contributed by atoms with E-state index in [0.29, 0.717) is 18.2 Å². The van der Waals surface area contributed by atoms with Crippen molar-refractivity contribution in [2.24, 2.45) is 0 Å². The van der Waals surface area contributed by atoms with Crippen LogP contribution >= 0.6 is 0 Å².